The van der Waals surface area contributed by atoms with Crippen LogP contribution in [0.25, 0.3) is 0 Å². The van der Waals surface area contributed by atoms with Gasteiger partial charge in [-0.3, -0.25) is 10.1 Å². The van der Waals surface area contributed by atoms with Crippen molar-refractivity contribution in [3.05, 3.63) is 33.4 Å². The molecule has 2 N–H and O–H groups in total. The van der Waals surface area contributed by atoms with Gasteiger partial charge in [-0.2, -0.15) is 0 Å². The Labute approximate surface area is 148 Å². The highest BCUT2D eigenvalue weighted by Gasteiger charge is 2.30. The zero-order valence-electron chi connectivity index (χ0n) is 14.1. The molecule has 0 radical (unpaired) electrons. The third kappa shape index (κ3) is 4.66. The number of aryl methyl sites for hydroxylation is 1. The Bertz CT molecular complexity index is 716. The number of nitro benzene ring substituents is 1. The summed E-state index contributed by atoms with van der Waals surface area (Å²) >= 11 is 0. The van der Waals surface area contributed by atoms with Gasteiger partial charge < -0.3 is 5.32 Å². The summed E-state index contributed by atoms with van der Waals surface area (Å²) in [5, 5.41) is 14.3. The van der Waals surface area contributed by atoms with Crippen molar-refractivity contribution in [2.75, 3.05) is 19.6 Å². The van der Waals surface area contributed by atoms with Crippen molar-refractivity contribution in [2.24, 2.45) is 5.41 Å². The fourth-order valence-corrected chi connectivity index (χ4v) is 4.34. The molecule has 0 aromatic heterocycles. The number of non-ortho nitro benzene ring substituents is 1. The van der Waals surface area contributed by atoms with E-state index in [0.717, 1.165) is 32.0 Å². The van der Waals surface area contributed by atoms with Crippen LogP contribution in [0.15, 0.2) is 17.0 Å². The number of halogens is 1. The van der Waals surface area contributed by atoms with Gasteiger partial charge in [-0.1, -0.05) is 6.92 Å². The summed E-state index contributed by atoms with van der Waals surface area (Å²) in [6.07, 6.45) is 1.95. The SMILES string of the molecule is Cc1cc([N+](=O)[O-])cc(S(=O)(=O)NCC2(C)CCCNC2)c1C.Cl. The molecule has 0 spiro atoms. The Balaban J connectivity index is 0.00000288. The molecule has 1 unspecified atom stereocenters. The number of nitro groups is 1. The second-order valence-corrected chi connectivity index (χ2v) is 8.29. The second kappa shape index (κ2) is 7.77. The maximum absolute atomic E-state index is 12.6. The first-order valence-electron chi connectivity index (χ1n) is 7.61. The number of hydrogen-bond acceptors (Lipinski definition) is 5. The predicted octanol–water partition coefficient (Wildman–Crippen LogP) is 2.30. The Kier molecular flexibility index (Phi) is 6.75. The van der Waals surface area contributed by atoms with Crippen molar-refractivity contribution < 1.29 is 13.3 Å². The smallest absolute Gasteiger partial charge is 0.271 e. The van der Waals surface area contributed by atoms with Crippen LogP contribution in [0.2, 0.25) is 0 Å². The number of hydrogen-bond donors (Lipinski definition) is 2. The first-order chi connectivity index (χ1) is 10.6. The van der Waals surface area contributed by atoms with E-state index in [-0.39, 0.29) is 28.4 Å². The minimum Gasteiger partial charge on any atom is -0.316 e. The maximum Gasteiger partial charge on any atom is 0.271 e. The van der Waals surface area contributed by atoms with Gasteiger partial charge in [0.2, 0.25) is 10.0 Å². The quantitative estimate of drug-likeness (QED) is 0.605. The molecule has 1 heterocycles. The maximum atomic E-state index is 12.6. The van der Waals surface area contributed by atoms with Gasteiger partial charge in [-0.15, -0.1) is 12.4 Å². The molecule has 9 heteroatoms. The Morgan fingerprint density at radius 2 is 2.04 bits per heavy atom. The number of nitrogens with one attached hydrogen (secondary N) is 2. The summed E-state index contributed by atoms with van der Waals surface area (Å²) in [4.78, 5) is 10.4. The van der Waals surface area contributed by atoms with Crippen molar-refractivity contribution >= 4 is 28.1 Å². The third-order valence-corrected chi connectivity index (χ3v) is 6.01. The second-order valence-electron chi connectivity index (χ2n) is 6.56. The number of rotatable bonds is 5. The van der Waals surface area contributed by atoms with E-state index in [1.54, 1.807) is 13.8 Å². The van der Waals surface area contributed by atoms with Crippen LogP contribution in [0.3, 0.4) is 0 Å². The van der Waals surface area contributed by atoms with Gasteiger partial charge in [0.1, 0.15) is 0 Å². The van der Waals surface area contributed by atoms with Crippen molar-refractivity contribution in [2.45, 2.75) is 38.5 Å². The Morgan fingerprint density at radius 1 is 1.38 bits per heavy atom. The average Bonchev–Trinajstić information content (AvgIpc) is 2.48. The molecule has 24 heavy (non-hydrogen) atoms. The molecule has 0 aliphatic carbocycles. The zero-order valence-corrected chi connectivity index (χ0v) is 15.7. The highest BCUT2D eigenvalue weighted by atomic mass is 35.5. The standard InChI is InChI=1S/C15H23N3O4S.ClH/c1-11-7-13(18(19)20)8-14(12(11)2)23(21,22)17-10-15(3)5-4-6-16-9-15;/h7-8,16-17H,4-6,9-10H2,1-3H3;1H. The molecular formula is C15H24ClN3O4S. The molecule has 0 bridgehead atoms. The number of sulfonamides is 1. The van der Waals surface area contributed by atoms with E-state index < -0.39 is 14.9 Å². The Hall–Kier alpha value is -1.22. The van der Waals surface area contributed by atoms with Crippen LogP contribution >= 0.6 is 12.4 Å². The van der Waals surface area contributed by atoms with E-state index in [9.17, 15) is 18.5 Å². The van der Waals surface area contributed by atoms with E-state index in [2.05, 4.69) is 10.0 Å². The lowest BCUT2D eigenvalue weighted by Crippen LogP contribution is -2.45. The summed E-state index contributed by atoms with van der Waals surface area (Å²) in [5.74, 6) is 0. The molecule has 0 amide bonds. The van der Waals surface area contributed by atoms with Gasteiger partial charge in [-0.25, -0.2) is 13.1 Å². The van der Waals surface area contributed by atoms with E-state index >= 15 is 0 Å². The lowest BCUT2D eigenvalue weighted by Gasteiger charge is -2.34. The van der Waals surface area contributed by atoms with Crippen LogP contribution in [-0.2, 0) is 10.0 Å². The summed E-state index contributed by atoms with van der Waals surface area (Å²) in [6, 6.07) is 2.52. The van der Waals surface area contributed by atoms with Crippen molar-refractivity contribution in [1.82, 2.24) is 10.0 Å². The van der Waals surface area contributed by atoms with Crippen LogP contribution in [-0.4, -0.2) is 33.0 Å². The molecule has 1 aliphatic heterocycles. The first-order valence-corrected chi connectivity index (χ1v) is 9.09. The fourth-order valence-electron chi connectivity index (χ4n) is 2.81. The van der Waals surface area contributed by atoms with Crippen LogP contribution in [0.4, 0.5) is 5.69 Å². The molecule has 2 rings (SSSR count). The largest absolute Gasteiger partial charge is 0.316 e. The molecule has 1 aromatic carbocycles. The monoisotopic (exact) mass is 377 g/mol. The predicted molar refractivity (Wildman–Crippen MR) is 95.2 cm³/mol. The minimum atomic E-state index is -3.79. The molecule has 0 saturated carbocycles. The molecule has 1 aromatic rings. The fraction of sp³-hybridized carbons (Fsp3) is 0.600. The van der Waals surface area contributed by atoms with Crippen LogP contribution in [0.5, 0.6) is 0 Å². The normalized spacial score (nSPS) is 21.1. The average molecular weight is 378 g/mol. The van der Waals surface area contributed by atoms with Gasteiger partial charge in [0.05, 0.1) is 9.82 Å². The number of nitrogens with zero attached hydrogens (tertiary/aromatic N) is 1. The van der Waals surface area contributed by atoms with E-state index in [1.807, 2.05) is 6.92 Å². The van der Waals surface area contributed by atoms with Gasteiger partial charge in [0.15, 0.2) is 0 Å². The van der Waals surface area contributed by atoms with Crippen LogP contribution in [0, 0.1) is 29.4 Å². The molecule has 1 aliphatic rings. The summed E-state index contributed by atoms with van der Waals surface area (Å²) in [7, 11) is -3.79. The van der Waals surface area contributed by atoms with Gasteiger partial charge >= 0.3 is 0 Å². The highest BCUT2D eigenvalue weighted by Crippen LogP contribution is 2.28. The van der Waals surface area contributed by atoms with Crippen LogP contribution in [0.1, 0.15) is 30.9 Å². The molecule has 1 fully saturated rings. The van der Waals surface area contributed by atoms with E-state index in [4.69, 9.17) is 0 Å². The van der Waals surface area contributed by atoms with Crippen molar-refractivity contribution in [1.29, 1.82) is 0 Å². The van der Waals surface area contributed by atoms with Gasteiger partial charge in [0.25, 0.3) is 5.69 Å². The Morgan fingerprint density at radius 3 is 2.58 bits per heavy atom. The van der Waals surface area contributed by atoms with Crippen molar-refractivity contribution in [3.8, 4) is 0 Å². The number of piperidine rings is 1. The lowest BCUT2D eigenvalue weighted by atomic mass is 9.83. The molecule has 7 nitrogen and oxygen atoms in total. The van der Waals surface area contributed by atoms with E-state index in [0.29, 0.717) is 17.7 Å². The van der Waals surface area contributed by atoms with Gasteiger partial charge in [-0.05, 0) is 49.8 Å². The first kappa shape index (κ1) is 20.8. The summed E-state index contributed by atoms with van der Waals surface area (Å²) in [6.45, 7) is 7.38. The van der Waals surface area contributed by atoms with Crippen molar-refractivity contribution in [3.63, 3.8) is 0 Å². The molecule has 136 valence electrons. The van der Waals surface area contributed by atoms with Crippen LogP contribution < -0.4 is 10.0 Å². The lowest BCUT2D eigenvalue weighted by molar-refractivity contribution is -0.385. The third-order valence-electron chi connectivity index (χ3n) is 4.48. The van der Waals surface area contributed by atoms with E-state index in [1.165, 1.54) is 6.07 Å². The number of benzene rings is 1. The topological polar surface area (TPSA) is 101 Å². The zero-order chi connectivity index (χ0) is 17.3. The summed E-state index contributed by atoms with van der Waals surface area (Å²) in [5.41, 5.74) is 0.772. The molecular weight excluding hydrogens is 354 g/mol. The molecule has 1 saturated heterocycles. The molecule has 1 atom stereocenters. The highest BCUT2D eigenvalue weighted by molar-refractivity contribution is 7.89. The summed E-state index contributed by atoms with van der Waals surface area (Å²) < 4.78 is 27.9. The minimum absolute atomic E-state index is 0. The van der Waals surface area contributed by atoms with Gasteiger partial charge in [0, 0.05) is 25.2 Å².